The van der Waals surface area contributed by atoms with E-state index in [0.717, 1.165) is 47.6 Å². The number of pyridine rings is 1. The highest BCUT2D eigenvalue weighted by Crippen LogP contribution is 2.39. The highest BCUT2D eigenvalue weighted by atomic mass is 16.7. The third-order valence-corrected chi connectivity index (χ3v) is 7.85. The van der Waals surface area contributed by atoms with Crippen molar-refractivity contribution >= 4 is 11.7 Å². The smallest absolute Gasteiger partial charge is 0.303 e. The molecule has 0 radical (unpaired) electrons. The van der Waals surface area contributed by atoms with E-state index in [1.807, 2.05) is 77.5 Å². The van der Waals surface area contributed by atoms with Crippen LogP contribution in [0.5, 0.6) is 5.88 Å². The highest BCUT2D eigenvalue weighted by Gasteiger charge is 2.35. The lowest BCUT2D eigenvalue weighted by Crippen LogP contribution is -2.22. The molecule has 9 heteroatoms. The molecule has 6 rings (SSSR count). The third kappa shape index (κ3) is 7.17. The lowest BCUT2D eigenvalue weighted by molar-refractivity contribution is -0.138. The summed E-state index contributed by atoms with van der Waals surface area (Å²) in [6.45, 7) is 2.01. The Bertz CT molecular complexity index is 1550. The quantitative estimate of drug-likeness (QED) is 0.211. The van der Waals surface area contributed by atoms with Gasteiger partial charge in [0.15, 0.2) is 0 Å². The summed E-state index contributed by atoms with van der Waals surface area (Å²) in [6, 6.07) is 26.0. The van der Waals surface area contributed by atoms with Gasteiger partial charge >= 0.3 is 5.97 Å². The maximum absolute atomic E-state index is 12.1. The molecule has 0 aliphatic carbocycles. The number of carbonyl (C=O) groups is 1. The van der Waals surface area contributed by atoms with Crippen molar-refractivity contribution in [3.8, 4) is 5.88 Å². The van der Waals surface area contributed by atoms with E-state index in [0.29, 0.717) is 43.3 Å². The van der Waals surface area contributed by atoms with Crippen molar-refractivity contribution in [3.05, 3.63) is 119 Å². The molecule has 2 aliphatic rings. The zero-order valence-electron chi connectivity index (χ0n) is 24.0. The number of hydrogen-bond acceptors (Lipinski definition) is 7. The van der Waals surface area contributed by atoms with Crippen molar-refractivity contribution in [1.82, 2.24) is 14.8 Å². The third-order valence-electron chi connectivity index (χ3n) is 7.85. The fourth-order valence-electron chi connectivity index (χ4n) is 5.82. The molecule has 0 amide bonds. The molecule has 2 aliphatic heterocycles. The van der Waals surface area contributed by atoms with Crippen LogP contribution in [0, 0.1) is 5.92 Å². The van der Waals surface area contributed by atoms with E-state index in [1.165, 1.54) is 0 Å². The Morgan fingerprint density at radius 2 is 1.84 bits per heavy atom. The molecular formula is C34H36N4O5. The second kappa shape index (κ2) is 13.5. The van der Waals surface area contributed by atoms with Crippen molar-refractivity contribution in [2.75, 3.05) is 25.3 Å². The van der Waals surface area contributed by atoms with E-state index in [2.05, 4.69) is 11.4 Å². The van der Waals surface area contributed by atoms with Crippen LogP contribution in [0.1, 0.15) is 47.0 Å². The van der Waals surface area contributed by atoms with E-state index in [1.54, 1.807) is 6.26 Å². The van der Waals surface area contributed by atoms with Crippen LogP contribution in [0.15, 0.2) is 90.9 Å². The van der Waals surface area contributed by atoms with E-state index in [-0.39, 0.29) is 19.1 Å². The number of hydrogen-bond donors (Lipinski definition) is 2. The van der Waals surface area contributed by atoms with Crippen LogP contribution in [0.3, 0.4) is 0 Å². The molecule has 0 saturated carbocycles. The summed E-state index contributed by atoms with van der Waals surface area (Å²) in [5, 5.41) is 18.3. The maximum atomic E-state index is 12.1. The number of carboxylic acids is 1. The maximum Gasteiger partial charge on any atom is 0.303 e. The normalized spacial score (nSPS) is 15.3. The molecule has 0 saturated heterocycles. The Morgan fingerprint density at radius 1 is 1.05 bits per heavy atom. The van der Waals surface area contributed by atoms with Crippen molar-refractivity contribution in [2.24, 2.45) is 5.92 Å². The summed E-state index contributed by atoms with van der Waals surface area (Å²) in [5.41, 5.74) is 6.02. The lowest BCUT2D eigenvalue weighted by Gasteiger charge is -2.24. The summed E-state index contributed by atoms with van der Waals surface area (Å²) >= 11 is 0. The minimum atomic E-state index is -0.876. The SMILES string of the molecule is O=C(O)CC(Cc1ccccc1)C(C1=COCO1)c1cc(OCCc2ccc3c(n2)CCCN3)n(Cc2ccccc2)n1. The number of anilines is 1. The van der Waals surface area contributed by atoms with Gasteiger partial charge in [0.1, 0.15) is 12.0 Å². The predicted molar refractivity (Wildman–Crippen MR) is 162 cm³/mol. The first-order valence-corrected chi connectivity index (χ1v) is 14.8. The molecule has 0 fully saturated rings. The van der Waals surface area contributed by atoms with Gasteiger partial charge < -0.3 is 24.6 Å². The molecule has 2 atom stereocenters. The van der Waals surface area contributed by atoms with Crippen LogP contribution in [0.25, 0.3) is 0 Å². The first-order valence-electron chi connectivity index (χ1n) is 14.8. The number of benzene rings is 2. The van der Waals surface area contributed by atoms with E-state index in [9.17, 15) is 9.90 Å². The first-order chi connectivity index (χ1) is 21.1. The molecule has 0 bridgehead atoms. The fourth-order valence-corrected chi connectivity index (χ4v) is 5.82. The van der Waals surface area contributed by atoms with Gasteiger partial charge in [-0.2, -0.15) is 5.10 Å². The Morgan fingerprint density at radius 3 is 2.58 bits per heavy atom. The van der Waals surface area contributed by atoms with Gasteiger partial charge in [-0.15, -0.1) is 0 Å². The summed E-state index contributed by atoms with van der Waals surface area (Å²) in [6.07, 6.45) is 4.78. The van der Waals surface area contributed by atoms with E-state index < -0.39 is 11.9 Å². The number of aliphatic carboxylic acids is 1. The average molecular weight is 581 g/mol. The fraction of sp³-hybridized carbons (Fsp3) is 0.324. The van der Waals surface area contributed by atoms with Gasteiger partial charge in [0.25, 0.3) is 0 Å². The van der Waals surface area contributed by atoms with Crippen LogP contribution in [0.2, 0.25) is 0 Å². The largest absolute Gasteiger partial charge is 0.481 e. The van der Waals surface area contributed by atoms with Crippen LogP contribution < -0.4 is 10.1 Å². The van der Waals surface area contributed by atoms with Gasteiger partial charge in [-0.05, 0) is 48.4 Å². The van der Waals surface area contributed by atoms with Crippen molar-refractivity contribution in [2.45, 2.75) is 44.6 Å². The molecule has 4 heterocycles. The minimum Gasteiger partial charge on any atom is -0.481 e. The van der Waals surface area contributed by atoms with Gasteiger partial charge in [0, 0.05) is 31.1 Å². The monoisotopic (exact) mass is 580 g/mol. The molecule has 9 nitrogen and oxygen atoms in total. The molecule has 2 aromatic carbocycles. The number of aromatic nitrogens is 3. The summed E-state index contributed by atoms with van der Waals surface area (Å²) < 4.78 is 19.5. The molecule has 2 aromatic heterocycles. The molecule has 2 N–H and O–H groups in total. The topological polar surface area (TPSA) is 108 Å². The number of ether oxygens (including phenoxy) is 3. The van der Waals surface area contributed by atoms with Crippen molar-refractivity contribution < 1.29 is 24.1 Å². The number of nitrogens with one attached hydrogen (secondary N) is 1. The second-order valence-corrected chi connectivity index (χ2v) is 11.0. The summed E-state index contributed by atoms with van der Waals surface area (Å²) in [7, 11) is 0. The van der Waals surface area contributed by atoms with E-state index >= 15 is 0 Å². The van der Waals surface area contributed by atoms with Gasteiger partial charge in [0.2, 0.25) is 12.7 Å². The molecule has 222 valence electrons. The highest BCUT2D eigenvalue weighted by molar-refractivity contribution is 5.67. The van der Waals surface area contributed by atoms with Crippen LogP contribution >= 0.6 is 0 Å². The Hall–Kier alpha value is -4.79. The zero-order chi connectivity index (χ0) is 29.4. The summed E-state index contributed by atoms with van der Waals surface area (Å²) in [4.78, 5) is 16.9. The zero-order valence-corrected chi connectivity index (χ0v) is 24.0. The van der Waals surface area contributed by atoms with Gasteiger partial charge in [-0.3, -0.25) is 9.78 Å². The Balaban J connectivity index is 1.29. The van der Waals surface area contributed by atoms with Crippen LogP contribution in [-0.4, -0.2) is 45.8 Å². The number of fused-ring (bicyclic) bond motifs is 1. The van der Waals surface area contributed by atoms with Gasteiger partial charge in [-0.25, -0.2) is 4.68 Å². The molecule has 43 heavy (non-hydrogen) atoms. The van der Waals surface area contributed by atoms with Crippen molar-refractivity contribution in [3.63, 3.8) is 0 Å². The predicted octanol–water partition coefficient (Wildman–Crippen LogP) is 5.57. The Kier molecular flexibility index (Phi) is 8.87. The molecule has 0 spiro atoms. The minimum absolute atomic E-state index is 0.0547. The standard InChI is InChI=1S/C34H36N4O5/c39-33(40)19-26(18-24-8-3-1-4-9-24)34(31-22-41-23-43-31)30-20-32(38(37-30)21-25-10-5-2-6-11-25)42-17-15-27-13-14-28-29(36-27)12-7-16-35-28/h1-6,8-11,13-14,20,22,26,34-35H,7,12,15-19,21,23H2,(H,39,40). The van der Waals surface area contributed by atoms with Crippen molar-refractivity contribution in [1.29, 1.82) is 0 Å². The number of allylic oxidation sites excluding steroid dienone is 1. The second-order valence-electron chi connectivity index (χ2n) is 11.0. The number of carboxylic acid groups (broad SMARTS) is 1. The Labute approximate surface area is 251 Å². The number of nitrogens with zero attached hydrogens (tertiary/aromatic N) is 3. The first kappa shape index (κ1) is 28.3. The van der Waals surface area contributed by atoms with Crippen LogP contribution in [0.4, 0.5) is 5.69 Å². The molecule has 4 aromatic rings. The van der Waals surface area contributed by atoms with Crippen LogP contribution in [-0.2, 0) is 40.1 Å². The van der Waals surface area contributed by atoms with E-state index in [4.69, 9.17) is 24.3 Å². The van der Waals surface area contributed by atoms with Gasteiger partial charge in [0.05, 0.1) is 36.1 Å². The number of aryl methyl sites for hydroxylation is 1. The number of rotatable bonds is 13. The molecule has 2 unspecified atom stereocenters. The molecular weight excluding hydrogens is 544 g/mol. The summed E-state index contributed by atoms with van der Waals surface area (Å²) in [5.74, 6) is -0.456. The average Bonchev–Trinajstić information content (AvgIpc) is 3.69. The van der Waals surface area contributed by atoms with Gasteiger partial charge in [-0.1, -0.05) is 60.7 Å². The lowest BCUT2D eigenvalue weighted by atomic mass is 9.81.